The summed E-state index contributed by atoms with van der Waals surface area (Å²) in [5.74, 6) is 0.531. The van der Waals surface area contributed by atoms with Gasteiger partial charge in [-0.05, 0) is 62.4 Å². The third kappa shape index (κ3) is 3.43. The number of fused-ring (bicyclic) bond motifs is 1. The predicted octanol–water partition coefficient (Wildman–Crippen LogP) is 3.61. The second-order valence-corrected chi connectivity index (χ2v) is 7.75. The summed E-state index contributed by atoms with van der Waals surface area (Å²) in [6.07, 6.45) is 0. The average molecular weight is 411 g/mol. The molecule has 0 saturated heterocycles. The fraction of sp³-hybridized carbons (Fsp3) is 0.273. The monoisotopic (exact) mass is 411 g/mol. The smallest absolute Gasteiger partial charge is 0.243 e. The number of carbonyl (C=O) groups excluding carboxylic acids is 1. The molecule has 1 aliphatic heterocycles. The van der Waals surface area contributed by atoms with Crippen LogP contribution >= 0.6 is 0 Å². The Morgan fingerprint density at radius 1 is 1.07 bits per heavy atom. The van der Waals surface area contributed by atoms with Crippen molar-refractivity contribution in [1.29, 1.82) is 0 Å². The van der Waals surface area contributed by atoms with Crippen LogP contribution in [0, 0.1) is 11.6 Å². The Bertz CT molecular complexity index is 1070. The number of aromatic nitrogens is 2. The van der Waals surface area contributed by atoms with Gasteiger partial charge in [-0.3, -0.25) is 4.79 Å². The highest BCUT2D eigenvalue weighted by Crippen LogP contribution is 2.39. The van der Waals surface area contributed by atoms with E-state index in [2.05, 4.69) is 5.32 Å². The number of nitrogens with one attached hydrogen (secondary N) is 1. The number of nitrogens with two attached hydrogens (primary N) is 1. The first-order valence-electron chi connectivity index (χ1n) is 9.71. The number of nitrogens with zero attached hydrogens (tertiary/aromatic N) is 3. The van der Waals surface area contributed by atoms with Gasteiger partial charge in [0.1, 0.15) is 35.5 Å². The van der Waals surface area contributed by atoms with Crippen molar-refractivity contribution in [3.63, 3.8) is 0 Å². The number of halogens is 2. The van der Waals surface area contributed by atoms with E-state index >= 15 is 0 Å². The van der Waals surface area contributed by atoms with Crippen molar-refractivity contribution in [3.8, 4) is 11.3 Å². The molecule has 2 heterocycles. The van der Waals surface area contributed by atoms with Gasteiger partial charge in [0.15, 0.2) is 0 Å². The summed E-state index contributed by atoms with van der Waals surface area (Å²) in [5, 5.41) is 3.27. The molecule has 6 nitrogen and oxygen atoms in total. The summed E-state index contributed by atoms with van der Waals surface area (Å²) in [6, 6.07) is 12.0. The number of hydrogen-bond acceptors (Lipinski definition) is 4. The number of amides is 1. The largest absolute Gasteiger partial charge is 0.340 e. The zero-order chi connectivity index (χ0) is 21.5. The summed E-state index contributed by atoms with van der Waals surface area (Å²) >= 11 is 0. The van der Waals surface area contributed by atoms with Crippen LogP contribution in [0.3, 0.4) is 0 Å². The Morgan fingerprint density at radius 2 is 1.67 bits per heavy atom. The molecule has 1 amide bonds. The zero-order valence-corrected chi connectivity index (χ0v) is 16.8. The van der Waals surface area contributed by atoms with Crippen molar-refractivity contribution in [3.05, 3.63) is 66.0 Å². The standard InChI is InChI=1S/C22H23F2N5O/c1-22(2)21-27-19(14-3-5-15(23)6-4-14)20(26-17-9-7-16(24)8-10-17)28(21)13-18(30)29(22)12-11-25/h3-10,26H,11-13,25H2,1-2H3. The minimum Gasteiger partial charge on any atom is -0.340 e. The first kappa shape index (κ1) is 20.0. The van der Waals surface area contributed by atoms with Crippen LogP contribution in [0.25, 0.3) is 11.3 Å². The van der Waals surface area contributed by atoms with Gasteiger partial charge in [0.25, 0.3) is 0 Å². The molecule has 0 aliphatic carbocycles. The van der Waals surface area contributed by atoms with E-state index in [9.17, 15) is 13.6 Å². The van der Waals surface area contributed by atoms with Gasteiger partial charge in [-0.15, -0.1) is 0 Å². The normalized spacial score (nSPS) is 15.2. The molecule has 8 heteroatoms. The van der Waals surface area contributed by atoms with Crippen molar-refractivity contribution in [1.82, 2.24) is 14.5 Å². The van der Waals surface area contributed by atoms with Crippen molar-refractivity contribution in [2.75, 3.05) is 18.4 Å². The van der Waals surface area contributed by atoms with Gasteiger partial charge in [0, 0.05) is 24.3 Å². The van der Waals surface area contributed by atoms with Crippen molar-refractivity contribution in [2.45, 2.75) is 25.9 Å². The van der Waals surface area contributed by atoms with Crippen molar-refractivity contribution < 1.29 is 13.6 Å². The van der Waals surface area contributed by atoms with Crippen LogP contribution in [-0.4, -0.2) is 33.4 Å². The number of anilines is 2. The molecule has 156 valence electrons. The highest BCUT2D eigenvalue weighted by molar-refractivity contribution is 5.83. The van der Waals surface area contributed by atoms with Gasteiger partial charge in [0.2, 0.25) is 5.91 Å². The second kappa shape index (κ2) is 7.53. The summed E-state index contributed by atoms with van der Waals surface area (Å²) in [5.41, 5.74) is 6.97. The van der Waals surface area contributed by atoms with Gasteiger partial charge >= 0.3 is 0 Å². The topological polar surface area (TPSA) is 76.2 Å². The first-order chi connectivity index (χ1) is 14.3. The summed E-state index contributed by atoms with van der Waals surface area (Å²) < 4.78 is 28.7. The molecule has 0 saturated carbocycles. The third-order valence-corrected chi connectivity index (χ3v) is 5.36. The fourth-order valence-electron chi connectivity index (χ4n) is 3.87. The fourth-order valence-corrected chi connectivity index (χ4v) is 3.87. The Morgan fingerprint density at radius 3 is 2.27 bits per heavy atom. The van der Waals surface area contributed by atoms with Crippen LogP contribution < -0.4 is 11.1 Å². The van der Waals surface area contributed by atoms with E-state index in [1.807, 2.05) is 18.4 Å². The van der Waals surface area contributed by atoms with Crippen LogP contribution in [0.1, 0.15) is 19.7 Å². The molecule has 3 N–H and O–H groups in total. The highest BCUT2D eigenvalue weighted by atomic mass is 19.1. The summed E-state index contributed by atoms with van der Waals surface area (Å²) in [4.78, 5) is 19.5. The lowest BCUT2D eigenvalue weighted by Crippen LogP contribution is -2.54. The molecule has 3 aromatic rings. The van der Waals surface area contributed by atoms with E-state index in [1.54, 1.807) is 29.2 Å². The number of carbonyl (C=O) groups is 1. The maximum absolute atomic E-state index is 13.5. The molecule has 30 heavy (non-hydrogen) atoms. The van der Waals surface area contributed by atoms with Crippen LogP contribution in [0.5, 0.6) is 0 Å². The SMILES string of the molecule is CC1(C)c2nc(-c3ccc(F)cc3)c(Nc3ccc(F)cc3)n2CC(=O)N1CCN. The molecular formula is C22H23F2N5O. The Hall–Kier alpha value is -3.26. The molecule has 0 spiro atoms. The van der Waals surface area contributed by atoms with E-state index in [-0.39, 0.29) is 24.1 Å². The number of benzene rings is 2. The lowest BCUT2D eigenvalue weighted by Gasteiger charge is -2.42. The van der Waals surface area contributed by atoms with E-state index in [4.69, 9.17) is 10.7 Å². The van der Waals surface area contributed by atoms with Crippen LogP contribution in [0.15, 0.2) is 48.5 Å². The quantitative estimate of drug-likeness (QED) is 0.673. The number of hydrogen-bond donors (Lipinski definition) is 2. The van der Waals surface area contributed by atoms with Crippen molar-refractivity contribution in [2.24, 2.45) is 5.73 Å². The minimum atomic E-state index is -0.688. The second-order valence-electron chi connectivity index (χ2n) is 7.75. The van der Waals surface area contributed by atoms with Gasteiger partial charge in [-0.25, -0.2) is 13.8 Å². The minimum absolute atomic E-state index is 0.0665. The third-order valence-electron chi connectivity index (χ3n) is 5.36. The van der Waals surface area contributed by atoms with Gasteiger partial charge in [0.05, 0.1) is 5.54 Å². The zero-order valence-electron chi connectivity index (χ0n) is 16.8. The highest BCUT2D eigenvalue weighted by Gasteiger charge is 2.42. The van der Waals surface area contributed by atoms with Gasteiger partial charge < -0.3 is 20.5 Å². The van der Waals surface area contributed by atoms with Crippen LogP contribution in [-0.2, 0) is 16.9 Å². The molecule has 1 aromatic heterocycles. The Balaban J connectivity index is 1.88. The maximum atomic E-state index is 13.5. The Labute approximate surface area is 173 Å². The molecule has 0 bridgehead atoms. The Kier molecular flexibility index (Phi) is 5.03. The molecular weight excluding hydrogens is 388 g/mol. The summed E-state index contributed by atoms with van der Waals surface area (Å²) in [6.45, 7) is 4.71. The molecule has 0 unspecified atom stereocenters. The average Bonchev–Trinajstić information content (AvgIpc) is 3.06. The van der Waals surface area contributed by atoms with E-state index in [1.165, 1.54) is 24.3 Å². The number of rotatable bonds is 5. The molecule has 1 aliphatic rings. The van der Waals surface area contributed by atoms with Gasteiger partial charge in [-0.2, -0.15) is 0 Å². The maximum Gasteiger partial charge on any atom is 0.243 e. The van der Waals surface area contributed by atoms with Crippen LogP contribution in [0.4, 0.5) is 20.3 Å². The van der Waals surface area contributed by atoms with E-state index < -0.39 is 5.54 Å². The summed E-state index contributed by atoms with van der Waals surface area (Å²) in [7, 11) is 0. The molecule has 2 aromatic carbocycles. The van der Waals surface area contributed by atoms with Crippen LogP contribution in [0.2, 0.25) is 0 Å². The molecule has 0 fully saturated rings. The lowest BCUT2D eigenvalue weighted by molar-refractivity contribution is -0.140. The lowest BCUT2D eigenvalue weighted by atomic mass is 9.99. The van der Waals surface area contributed by atoms with E-state index in [0.29, 0.717) is 41.7 Å². The van der Waals surface area contributed by atoms with Crippen molar-refractivity contribution >= 4 is 17.4 Å². The molecule has 0 atom stereocenters. The number of imidazole rings is 1. The van der Waals surface area contributed by atoms with E-state index in [0.717, 1.165) is 0 Å². The molecule has 0 radical (unpaired) electrons. The predicted molar refractivity (Wildman–Crippen MR) is 111 cm³/mol. The van der Waals surface area contributed by atoms with Gasteiger partial charge in [-0.1, -0.05) is 0 Å². The first-order valence-corrected chi connectivity index (χ1v) is 9.71. The molecule has 4 rings (SSSR count).